The minimum atomic E-state index is -3.76. The zero-order chi connectivity index (χ0) is 15.5. The molecule has 0 radical (unpaired) electrons. The SMILES string of the molecule is CC(C)NC(=O)c1[nH]ncc1NS(=O)(=O)c1ccccc1. The van der Waals surface area contributed by atoms with Crippen molar-refractivity contribution in [2.75, 3.05) is 4.72 Å². The van der Waals surface area contributed by atoms with Gasteiger partial charge in [0.2, 0.25) is 0 Å². The molecule has 0 bridgehead atoms. The maximum absolute atomic E-state index is 12.2. The quantitative estimate of drug-likeness (QED) is 0.775. The summed E-state index contributed by atoms with van der Waals surface area (Å²) < 4.78 is 26.8. The summed E-state index contributed by atoms with van der Waals surface area (Å²) in [6, 6.07) is 7.83. The summed E-state index contributed by atoms with van der Waals surface area (Å²) in [6.45, 7) is 3.62. The minimum absolute atomic E-state index is 0.0700. The molecule has 7 nitrogen and oxygen atoms in total. The van der Waals surface area contributed by atoms with E-state index in [1.165, 1.54) is 18.3 Å². The molecule has 0 spiro atoms. The first-order chi connectivity index (χ1) is 9.90. The maximum atomic E-state index is 12.2. The van der Waals surface area contributed by atoms with E-state index in [1.54, 1.807) is 18.2 Å². The van der Waals surface area contributed by atoms with Crippen molar-refractivity contribution in [2.45, 2.75) is 24.8 Å². The molecule has 21 heavy (non-hydrogen) atoms. The Balaban J connectivity index is 2.25. The lowest BCUT2D eigenvalue weighted by atomic mass is 10.3. The van der Waals surface area contributed by atoms with Crippen LogP contribution in [0.2, 0.25) is 0 Å². The summed E-state index contributed by atoms with van der Waals surface area (Å²) in [5.41, 5.74) is 0.181. The highest BCUT2D eigenvalue weighted by Gasteiger charge is 2.20. The van der Waals surface area contributed by atoms with Gasteiger partial charge in [-0.25, -0.2) is 8.42 Å². The number of benzene rings is 1. The molecule has 0 unspecified atom stereocenters. The summed E-state index contributed by atoms with van der Waals surface area (Å²) in [5.74, 6) is -0.423. The predicted molar refractivity (Wildman–Crippen MR) is 78.4 cm³/mol. The first kappa shape index (κ1) is 15.0. The molecule has 1 aromatic carbocycles. The van der Waals surface area contributed by atoms with E-state index in [2.05, 4.69) is 20.2 Å². The molecule has 0 saturated carbocycles. The molecular formula is C13H16N4O3S. The van der Waals surface area contributed by atoms with E-state index in [0.717, 1.165) is 0 Å². The number of nitrogens with one attached hydrogen (secondary N) is 3. The molecule has 1 amide bonds. The largest absolute Gasteiger partial charge is 0.348 e. The average Bonchev–Trinajstić information content (AvgIpc) is 2.86. The van der Waals surface area contributed by atoms with Gasteiger partial charge in [-0.3, -0.25) is 14.6 Å². The zero-order valence-electron chi connectivity index (χ0n) is 11.6. The molecule has 2 rings (SSSR count). The Morgan fingerprint density at radius 2 is 1.90 bits per heavy atom. The van der Waals surface area contributed by atoms with Gasteiger partial charge in [-0.15, -0.1) is 0 Å². The average molecular weight is 308 g/mol. The number of hydrogen-bond acceptors (Lipinski definition) is 4. The smallest absolute Gasteiger partial charge is 0.271 e. The van der Waals surface area contributed by atoms with E-state index in [4.69, 9.17) is 0 Å². The van der Waals surface area contributed by atoms with Gasteiger partial charge in [0.05, 0.1) is 16.8 Å². The number of aromatic amines is 1. The molecule has 3 N–H and O–H groups in total. The van der Waals surface area contributed by atoms with Gasteiger partial charge in [-0.2, -0.15) is 5.10 Å². The monoisotopic (exact) mass is 308 g/mol. The van der Waals surface area contributed by atoms with Crippen LogP contribution >= 0.6 is 0 Å². The van der Waals surface area contributed by atoms with E-state index in [0.29, 0.717) is 0 Å². The molecule has 0 atom stereocenters. The molecule has 0 aliphatic heterocycles. The number of nitrogens with zero attached hydrogens (tertiary/aromatic N) is 1. The molecule has 112 valence electrons. The van der Waals surface area contributed by atoms with Gasteiger partial charge < -0.3 is 5.32 Å². The topological polar surface area (TPSA) is 104 Å². The van der Waals surface area contributed by atoms with Crippen LogP contribution in [0.5, 0.6) is 0 Å². The molecule has 0 aliphatic carbocycles. The van der Waals surface area contributed by atoms with Crippen molar-refractivity contribution in [1.29, 1.82) is 0 Å². The van der Waals surface area contributed by atoms with Crippen LogP contribution in [0, 0.1) is 0 Å². The lowest BCUT2D eigenvalue weighted by Crippen LogP contribution is -2.31. The second-order valence-electron chi connectivity index (χ2n) is 4.71. The fourth-order valence-corrected chi connectivity index (χ4v) is 2.75. The Hall–Kier alpha value is -2.35. The first-order valence-corrected chi connectivity index (χ1v) is 7.80. The molecular weight excluding hydrogens is 292 g/mol. The lowest BCUT2D eigenvalue weighted by molar-refractivity contribution is 0.0939. The summed E-state index contributed by atoms with van der Waals surface area (Å²) in [5, 5.41) is 8.88. The molecule has 2 aromatic rings. The second-order valence-corrected chi connectivity index (χ2v) is 6.39. The standard InChI is InChI=1S/C13H16N4O3S/c1-9(2)15-13(18)12-11(8-14-16-12)17-21(19,20)10-6-4-3-5-7-10/h3-9,17H,1-2H3,(H,14,16)(H,15,18). The number of aromatic nitrogens is 2. The van der Waals surface area contributed by atoms with Gasteiger partial charge in [0.1, 0.15) is 5.69 Å². The second kappa shape index (κ2) is 5.96. The highest BCUT2D eigenvalue weighted by molar-refractivity contribution is 7.92. The van der Waals surface area contributed by atoms with E-state index in [1.807, 2.05) is 13.8 Å². The number of carbonyl (C=O) groups is 1. The van der Waals surface area contributed by atoms with Crippen molar-refractivity contribution in [2.24, 2.45) is 0 Å². The normalized spacial score (nSPS) is 11.4. The van der Waals surface area contributed by atoms with Crippen LogP contribution in [-0.2, 0) is 10.0 Å². The Morgan fingerprint density at radius 1 is 1.24 bits per heavy atom. The van der Waals surface area contributed by atoms with E-state index in [-0.39, 0.29) is 22.3 Å². The predicted octanol–water partition coefficient (Wildman–Crippen LogP) is 1.35. The van der Waals surface area contributed by atoms with Crippen LogP contribution < -0.4 is 10.0 Å². The zero-order valence-corrected chi connectivity index (χ0v) is 12.4. The number of carbonyl (C=O) groups excluding carboxylic acids is 1. The fraction of sp³-hybridized carbons (Fsp3) is 0.231. The van der Waals surface area contributed by atoms with Crippen LogP contribution in [0.1, 0.15) is 24.3 Å². The number of amides is 1. The van der Waals surface area contributed by atoms with Crippen LogP contribution in [0.4, 0.5) is 5.69 Å². The molecule has 0 fully saturated rings. The van der Waals surface area contributed by atoms with Gasteiger partial charge in [-0.1, -0.05) is 18.2 Å². The van der Waals surface area contributed by atoms with E-state index >= 15 is 0 Å². The molecule has 8 heteroatoms. The van der Waals surface area contributed by atoms with Crippen molar-refractivity contribution >= 4 is 21.6 Å². The van der Waals surface area contributed by atoms with Gasteiger partial charge in [0.25, 0.3) is 15.9 Å². The van der Waals surface area contributed by atoms with Gasteiger partial charge >= 0.3 is 0 Å². The van der Waals surface area contributed by atoms with Crippen molar-refractivity contribution in [3.8, 4) is 0 Å². The third-order valence-electron chi connectivity index (χ3n) is 2.58. The highest BCUT2D eigenvalue weighted by Crippen LogP contribution is 2.18. The molecule has 0 aliphatic rings. The third kappa shape index (κ3) is 3.60. The maximum Gasteiger partial charge on any atom is 0.271 e. The van der Waals surface area contributed by atoms with Crippen LogP contribution in [0.3, 0.4) is 0 Å². The Kier molecular flexibility index (Phi) is 4.27. The van der Waals surface area contributed by atoms with Crippen molar-refractivity contribution < 1.29 is 13.2 Å². The van der Waals surface area contributed by atoms with Gasteiger partial charge in [0, 0.05) is 6.04 Å². The Bertz CT molecular complexity index is 723. The summed E-state index contributed by atoms with van der Waals surface area (Å²) in [4.78, 5) is 12.1. The van der Waals surface area contributed by atoms with E-state index < -0.39 is 15.9 Å². The molecule has 1 heterocycles. The summed E-state index contributed by atoms with van der Waals surface area (Å²) in [7, 11) is -3.76. The van der Waals surface area contributed by atoms with Crippen molar-refractivity contribution in [1.82, 2.24) is 15.5 Å². The summed E-state index contributed by atoms with van der Waals surface area (Å²) >= 11 is 0. The Labute approximate surface area is 122 Å². The van der Waals surface area contributed by atoms with Crippen LogP contribution in [-0.4, -0.2) is 30.6 Å². The van der Waals surface area contributed by atoms with Gasteiger partial charge in [0.15, 0.2) is 0 Å². The van der Waals surface area contributed by atoms with E-state index in [9.17, 15) is 13.2 Å². The molecule has 1 aromatic heterocycles. The van der Waals surface area contributed by atoms with Crippen LogP contribution in [0.25, 0.3) is 0 Å². The first-order valence-electron chi connectivity index (χ1n) is 6.32. The Morgan fingerprint density at radius 3 is 2.52 bits per heavy atom. The van der Waals surface area contributed by atoms with Crippen molar-refractivity contribution in [3.05, 3.63) is 42.2 Å². The fourth-order valence-electron chi connectivity index (χ4n) is 1.67. The lowest BCUT2D eigenvalue weighted by Gasteiger charge is -2.10. The number of anilines is 1. The number of hydrogen-bond donors (Lipinski definition) is 3. The van der Waals surface area contributed by atoms with Gasteiger partial charge in [-0.05, 0) is 26.0 Å². The van der Waals surface area contributed by atoms with Crippen LogP contribution in [0.15, 0.2) is 41.4 Å². The number of sulfonamides is 1. The molecule has 0 saturated heterocycles. The minimum Gasteiger partial charge on any atom is -0.348 e. The number of rotatable bonds is 5. The number of H-pyrrole nitrogens is 1. The highest BCUT2D eigenvalue weighted by atomic mass is 32.2. The third-order valence-corrected chi connectivity index (χ3v) is 3.97. The summed E-state index contributed by atoms with van der Waals surface area (Å²) in [6.07, 6.45) is 1.26. The van der Waals surface area contributed by atoms with Crippen molar-refractivity contribution in [3.63, 3.8) is 0 Å².